The number of nitrogens with zero attached hydrogens (tertiary/aromatic N) is 1. The highest BCUT2D eigenvalue weighted by Gasteiger charge is 2.15. The molecule has 1 aromatic carbocycles. The predicted molar refractivity (Wildman–Crippen MR) is 88.7 cm³/mol. The molecule has 0 amide bonds. The zero-order chi connectivity index (χ0) is 15.5. The van der Waals surface area contributed by atoms with Crippen molar-refractivity contribution in [2.75, 3.05) is 25.5 Å². The lowest BCUT2D eigenvalue weighted by atomic mass is 10.1. The van der Waals surface area contributed by atoms with Gasteiger partial charge in [0.25, 0.3) is 0 Å². The van der Waals surface area contributed by atoms with Crippen LogP contribution in [-0.2, 0) is 16.4 Å². The maximum absolute atomic E-state index is 12.1. The number of thiophene rings is 1. The first-order valence-corrected chi connectivity index (χ1v) is 9.01. The highest BCUT2D eigenvalue weighted by molar-refractivity contribution is 7.91. The van der Waals surface area contributed by atoms with Crippen LogP contribution in [0.4, 0.5) is 5.69 Å². The van der Waals surface area contributed by atoms with Crippen LogP contribution in [0.3, 0.4) is 0 Å². The Hall–Kier alpha value is -1.37. The standard InChI is InChI=1S/C15H20N2O2S2/c1-12-4-9-15(20-12)21(18,19)16-11-10-13-5-7-14(8-6-13)17(2)3/h4-9,16H,10-11H2,1-3H3. The lowest BCUT2D eigenvalue weighted by Gasteiger charge is -2.12. The number of aryl methyl sites for hydroxylation is 1. The Balaban J connectivity index is 1.92. The van der Waals surface area contributed by atoms with E-state index in [9.17, 15) is 8.42 Å². The van der Waals surface area contributed by atoms with Gasteiger partial charge in [-0.1, -0.05) is 12.1 Å². The van der Waals surface area contributed by atoms with Crippen molar-refractivity contribution in [3.8, 4) is 0 Å². The van der Waals surface area contributed by atoms with Gasteiger partial charge in [0, 0.05) is 31.2 Å². The van der Waals surface area contributed by atoms with Gasteiger partial charge in [-0.2, -0.15) is 0 Å². The molecule has 21 heavy (non-hydrogen) atoms. The Morgan fingerprint density at radius 2 is 1.76 bits per heavy atom. The topological polar surface area (TPSA) is 49.4 Å². The summed E-state index contributed by atoms with van der Waals surface area (Å²) in [6.07, 6.45) is 0.678. The monoisotopic (exact) mass is 324 g/mol. The van der Waals surface area contributed by atoms with Gasteiger partial charge in [-0.3, -0.25) is 0 Å². The normalized spacial score (nSPS) is 11.6. The number of anilines is 1. The quantitative estimate of drug-likeness (QED) is 0.889. The molecule has 0 atom stereocenters. The van der Waals surface area contributed by atoms with Crippen LogP contribution < -0.4 is 9.62 Å². The number of nitrogens with one attached hydrogen (secondary N) is 1. The van der Waals surface area contributed by atoms with Crippen molar-refractivity contribution in [3.63, 3.8) is 0 Å². The molecule has 0 aliphatic rings. The molecule has 2 aromatic rings. The third kappa shape index (κ3) is 4.30. The maximum atomic E-state index is 12.1. The Bertz CT molecular complexity index is 689. The van der Waals surface area contributed by atoms with Crippen molar-refractivity contribution in [2.24, 2.45) is 0 Å². The maximum Gasteiger partial charge on any atom is 0.250 e. The largest absolute Gasteiger partial charge is 0.378 e. The molecule has 0 fully saturated rings. The average molecular weight is 324 g/mol. The van der Waals surface area contributed by atoms with E-state index in [0.717, 1.165) is 16.1 Å². The number of sulfonamides is 1. The van der Waals surface area contributed by atoms with Crippen LogP contribution in [0.1, 0.15) is 10.4 Å². The van der Waals surface area contributed by atoms with Gasteiger partial charge in [-0.15, -0.1) is 11.3 Å². The van der Waals surface area contributed by atoms with Crippen molar-refractivity contribution < 1.29 is 8.42 Å². The van der Waals surface area contributed by atoms with Crippen LogP contribution in [0.15, 0.2) is 40.6 Å². The minimum absolute atomic E-state index is 0.378. The minimum Gasteiger partial charge on any atom is -0.378 e. The first-order valence-electron chi connectivity index (χ1n) is 6.71. The van der Waals surface area contributed by atoms with Gasteiger partial charge in [-0.05, 0) is 43.2 Å². The molecule has 6 heteroatoms. The minimum atomic E-state index is -3.37. The van der Waals surface area contributed by atoms with E-state index in [1.54, 1.807) is 6.07 Å². The van der Waals surface area contributed by atoms with E-state index in [1.807, 2.05) is 56.3 Å². The molecule has 0 unspecified atom stereocenters. The molecular formula is C15H20N2O2S2. The summed E-state index contributed by atoms with van der Waals surface area (Å²) in [4.78, 5) is 3.03. The second-order valence-corrected chi connectivity index (χ2v) is 8.36. The van der Waals surface area contributed by atoms with E-state index in [2.05, 4.69) is 4.72 Å². The van der Waals surface area contributed by atoms with Gasteiger partial charge >= 0.3 is 0 Å². The molecule has 0 saturated heterocycles. The summed E-state index contributed by atoms with van der Waals surface area (Å²) in [5, 5.41) is 0. The second kappa shape index (κ2) is 6.60. The van der Waals surface area contributed by atoms with E-state index in [0.29, 0.717) is 17.2 Å². The lowest BCUT2D eigenvalue weighted by molar-refractivity contribution is 0.584. The van der Waals surface area contributed by atoms with Crippen molar-refractivity contribution in [2.45, 2.75) is 17.6 Å². The molecule has 0 spiro atoms. The molecule has 0 aliphatic carbocycles. The Morgan fingerprint density at radius 1 is 1.10 bits per heavy atom. The van der Waals surface area contributed by atoms with E-state index in [1.165, 1.54) is 11.3 Å². The summed E-state index contributed by atoms with van der Waals surface area (Å²) in [5.41, 5.74) is 2.25. The van der Waals surface area contributed by atoms with Crippen LogP contribution >= 0.6 is 11.3 Å². The number of hydrogen-bond donors (Lipinski definition) is 1. The summed E-state index contributed by atoms with van der Waals surface area (Å²) in [6, 6.07) is 11.6. The molecule has 2 rings (SSSR count). The van der Waals surface area contributed by atoms with Gasteiger partial charge in [0.1, 0.15) is 4.21 Å². The Morgan fingerprint density at radius 3 is 2.29 bits per heavy atom. The molecular weight excluding hydrogens is 304 g/mol. The molecule has 4 nitrogen and oxygen atoms in total. The fraction of sp³-hybridized carbons (Fsp3) is 0.333. The van der Waals surface area contributed by atoms with Crippen LogP contribution in [0.2, 0.25) is 0 Å². The van der Waals surface area contributed by atoms with Gasteiger partial charge < -0.3 is 4.90 Å². The average Bonchev–Trinajstić information content (AvgIpc) is 2.87. The van der Waals surface area contributed by atoms with E-state index in [-0.39, 0.29) is 0 Å². The van der Waals surface area contributed by atoms with Crippen molar-refractivity contribution in [1.82, 2.24) is 4.72 Å². The smallest absolute Gasteiger partial charge is 0.250 e. The fourth-order valence-electron chi connectivity index (χ4n) is 1.92. The highest BCUT2D eigenvalue weighted by atomic mass is 32.2. The summed E-state index contributed by atoms with van der Waals surface area (Å²) in [6.45, 7) is 2.30. The molecule has 0 aliphatic heterocycles. The van der Waals surface area contributed by atoms with Crippen molar-refractivity contribution >= 4 is 27.0 Å². The number of rotatable bonds is 6. The van der Waals surface area contributed by atoms with Crippen molar-refractivity contribution in [3.05, 3.63) is 46.8 Å². The first kappa shape index (κ1) is 16.0. The van der Waals surface area contributed by atoms with E-state index >= 15 is 0 Å². The summed E-state index contributed by atoms with van der Waals surface area (Å²) < 4.78 is 27.2. The Labute approximate surface area is 130 Å². The van der Waals surface area contributed by atoms with E-state index in [4.69, 9.17) is 0 Å². The molecule has 0 saturated carbocycles. The summed E-state index contributed by atoms with van der Waals surface area (Å²) >= 11 is 1.29. The van der Waals surface area contributed by atoms with Gasteiger partial charge in [0.2, 0.25) is 10.0 Å². The van der Waals surface area contributed by atoms with Crippen LogP contribution in [0, 0.1) is 6.92 Å². The predicted octanol–water partition coefficient (Wildman–Crippen LogP) is 2.64. The van der Waals surface area contributed by atoms with Gasteiger partial charge in [-0.25, -0.2) is 13.1 Å². The fourth-order valence-corrected chi connectivity index (χ4v) is 4.28. The molecule has 1 N–H and O–H groups in total. The zero-order valence-electron chi connectivity index (χ0n) is 12.5. The molecule has 1 aromatic heterocycles. The van der Waals surface area contributed by atoms with Crippen LogP contribution in [0.25, 0.3) is 0 Å². The number of hydrogen-bond acceptors (Lipinski definition) is 4. The van der Waals surface area contributed by atoms with E-state index < -0.39 is 10.0 Å². The zero-order valence-corrected chi connectivity index (χ0v) is 14.1. The molecule has 114 valence electrons. The third-order valence-electron chi connectivity index (χ3n) is 3.14. The lowest BCUT2D eigenvalue weighted by Crippen LogP contribution is -2.25. The SMILES string of the molecule is Cc1ccc(S(=O)(=O)NCCc2ccc(N(C)C)cc2)s1. The molecule has 0 radical (unpaired) electrons. The van der Waals surface area contributed by atoms with Gasteiger partial charge in [0.15, 0.2) is 0 Å². The number of benzene rings is 1. The van der Waals surface area contributed by atoms with Crippen molar-refractivity contribution in [1.29, 1.82) is 0 Å². The Kier molecular flexibility index (Phi) is 5.03. The molecule has 0 bridgehead atoms. The third-order valence-corrected chi connectivity index (χ3v) is 6.09. The van der Waals surface area contributed by atoms with Gasteiger partial charge in [0.05, 0.1) is 0 Å². The van der Waals surface area contributed by atoms with Crippen LogP contribution in [0.5, 0.6) is 0 Å². The highest BCUT2D eigenvalue weighted by Crippen LogP contribution is 2.20. The summed E-state index contributed by atoms with van der Waals surface area (Å²) in [7, 11) is 0.614. The first-order chi connectivity index (χ1) is 9.88. The summed E-state index contributed by atoms with van der Waals surface area (Å²) in [5.74, 6) is 0. The van der Waals surface area contributed by atoms with Crippen LogP contribution in [-0.4, -0.2) is 29.1 Å². The molecule has 1 heterocycles. The second-order valence-electron chi connectivity index (χ2n) is 5.07.